The van der Waals surface area contributed by atoms with E-state index in [9.17, 15) is 5.11 Å². The van der Waals surface area contributed by atoms with E-state index in [0.29, 0.717) is 5.92 Å². The summed E-state index contributed by atoms with van der Waals surface area (Å²) in [4.78, 5) is 2.28. The summed E-state index contributed by atoms with van der Waals surface area (Å²) in [6.45, 7) is 4.45. The number of hydrogen-bond donors (Lipinski definition) is 1. The molecule has 1 fully saturated rings. The molecule has 2 heteroatoms. The lowest BCUT2D eigenvalue weighted by Crippen LogP contribution is -2.55. The lowest BCUT2D eigenvalue weighted by Gasteiger charge is -2.47. The molecule has 0 heterocycles. The highest BCUT2D eigenvalue weighted by molar-refractivity contribution is 4.97. The second kappa shape index (κ2) is 6.02. The van der Waals surface area contributed by atoms with Crippen LogP contribution in [-0.2, 0) is 0 Å². The molecule has 0 amide bonds. The second-order valence-corrected chi connectivity index (χ2v) is 5.82. The van der Waals surface area contributed by atoms with E-state index >= 15 is 0 Å². The van der Waals surface area contributed by atoms with Crippen molar-refractivity contribution in [3.8, 4) is 0 Å². The average Bonchev–Trinajstić information content (AvgIpc) is 2.29. The Labute approximate surface area is 101 Å². The Kier molecular flexibility index (Phi) is 5.26. The van der Waals surface area contributed by atoms with E-state index in [1.807, 2.05) is 0 Å². The summed E-state index contributed by atoms with van der Waals surface area (Å²) in [7, 11) is 4.26. The highest BCUT2D eigenvalue weighted by Crippen LogP contribution is 2.37. The number of nitrogens with zero attached hydrogens (tertiary/aromatic N) is 1. The zero-order chi connectivity index (χ0) is 12.2. The summed E-state index contributed by atoms with van der Waals surface area (Å²) < 4.78 is 0. The van der Waals surface area contributed by atoms with Gasteiger partial charge in [-0.15, -0.1) is 0 Å². The molecule has 0 bridgehead atoms. The Morgan fingerprint density at radius 2 is 1.75 bits per heavy atom. The minimum atomic E-state index is -0.155. The fraction of sp³-hybridized carbons (Fsp3) is 1.00. The Bertz CT molecular complexity index is 197. The van der Waals surface area contributed by atoms with Crippen LogP contribution in [0.15, 0.2) is 0 Å². The molecule has 0 aliphatic heterocycles. The van der Waals surface area contributed by atoms with Gasteiger partial charge in [0.2, 0.25) is 0 Å². The molecule has 2 atom stereocenters. The van der Waals surface area contributed by atoms with Crippen molar-refractivity contribution in [3.63, 3.8) is 0 Å². The van der Waals surface area contributed by atoms with Gasteiger partial charge < -0.3 is 10.0 Å². The van der Waals surface area contributed by atoms with Crippen molar-refractivity contribution < 1.29 is 5.11 Å². The smallest absolute Gasteiger partial charge is 0.0726 e. The molecule has 0 radical (unpaired) electrons. The maximum Gasteiger partial charge on any atom is 0.0726 e. The van der Waals surface area contributed by atoms with Crippen LogP contribution in [0.5, 0.6) is 0 Å². The first-order valence-corrected chi connectivity index (χ1v) is 6.88. The SMILES string of the molecule is CCC(C)CC(O)C1(N(C)C)CCCCC1. The molecule has 1 rings (SSSR count). The maximum atomic E-state index is 10.6. The fourth-order valence-corrected chi connectivity index (χ4v) is 3.01. The Balaban J connectivity index is 2.68. The molecule has 2 unspecified atom stereocenters. The molecule has 16 heavy (non-hydrogen) atoms. The molecule has 1 aliphatic carbocycles. The number of hydrogen-bond acceptors (Lipinski definition) is 2. The summed E-state index contributed by atoms with van der Waals surface area (Å²) in [5.41, 5.74) is 0.0572. The largest absolute Gasteiger partial charge is 0.391 e. The van der Waals surface area contributed by atoms with E-state index in [4.69, 9.17) is 0 Å². The Hall–Kier alpha value is -0.0800. The van der Waals surface area contributed by atoms with Gasteiger partial charge in [-0.3, -0.25) is 0 Å². The summed E-state index contributed by atoms with van der Waals surface area (Å²) >= 11 is 0. The van der Waals surface area contributed by atoms with Gasteiger partial charge in [0.05, 0.1) is 6.10 Å². The van der Waals surface area contributed by atoms with Gasteiger partial charge in [-0.1, -0.05) is 39.5 Å². The van der Waals surface area contributed by atoms with E-state index in [-0.39, 0.29) is 11.6 Å². The molecular formula is C14H29NO. The monoisotopic (exact) mass is 227 g/mol. The molecule has 1 N–H and O–H groups in total. The van der Waals surface area contributed by atoms with Gasteiger partial charge in [-0.2, -0.15) is 0 Å². The predicted molar refractivity (Wildman–Crippen MR) is 69.6 cm³/mol. The van der Waals surface area contributed by atoms with Gasteiger partial charge >= 0.3 is 0 Å². The van der Waals surface area contributed by atoms with Crippen LogP contribution >= 0.6 is 0 Å². The number of aliphatic hydroxyl groups is 1. The van der Waals surface area contributed by atoms with Crippen LogP contribution in [0.1, 0.15) is 58.8 Å². The number of rotatable bonds is 5. The summed E-state index contributed by atoms with van der Waals surface area (Å²) in [5, 5.41) is 10.6. The highest BCUT2D eigenvalue weighted by Gasteiger charge is 2.40. The normalized spacial score (nSPS) is 24.4. The Morgan fingerprint density at radius 3 is 2.19 bits per heavy atom. The lowest BCUT2D eigenvalue weighted by molar-refractivity contribution is -0.0422. The van der Waals surface area contributed by atoms with Crippen molar-refractivity contribution in [1.82, 2.24) is 4.90 Å². The van der Waals surface area contributed by atoms with Crippen LogP contribution in [0.4, 0.5) is 0 Å². The second-order valence-electron chi connectivity index (χ2n) is 5.82. The van der Waals surface area contributed by atoms with Crippen LogP contribution < -0.4 is 0 Å². The molecular weight excluding hydrogens is 198 g/mol. The molecule has 2 nitrogen and oxygen atoms in total. The van der Waals surface area contributed by atoms with E-state index in [1.165, 1.54) is 25.7 Å². The van der Waals surface area contributed by atoms with Crippen molar-refractivity contribution in [2.24, 2.45) is 5.92 Å². The van der Waals surface area contributed by atoms with Crippen molar-refractivity contribution in [2.75, 3.05) is 14.1 Å². The molecule has 0 spiro atoms. The van der Waals surface area contributed by atoms with E-state index < -0.39 is 0 Å². The quantitative estimate of drug-likeness (QED) is 0.780. The zero-order valence-electron chi connectivity index (χ0n) is 11.5. The maximum absolute atomic E-state index is 10.6. The third-order valence-corrected chi connectivity index (χ3v) is 4.55. The first-order valence-electron chi connectivity index (χ1n) is 6.88. The van der Waals surface area contributed by atoms with E-state index in [0.717, 1.165) is 19.3 Å². The first kappa shape index (κ1) is 14.0. The number of aliphatic hydroxyl groups excluding tert-OH is 1. The van der Waals surface area contributed by atoms with Gasteiger partial charge in [0, 0.05) is 5.54 Å². The third kappa shape index (κ3) is 2.98. The summed E-state index contributed by atoms with van der Waals surface area (Å²) in [6, 6.07) is 0. The third-order valence-electron chi connectivity index (χ3n) is 4.55. The van der Waals surface area contributed by atoms with Gasteiger partial charge in [-0.25, -0.2) is 0 Å². The van der Waals surface area contributed by atoms with Crippen LogP contribution in [-0.4, -0.2) is 35.7 Å². The standard InChI is InChI=1S/C14H29NO/c1-5-12(2)11-13(16)14(15(3)4)9-7-6-8-10-14/h12-13,16H,5-11H2,1-4H3. The fourth-order valence-electron chi connectivity index (χ4n) is 3.01. The van der Waals surface area contributed by atoms with Crippen molar-refractivity contribution in [1.29, 1.82) is 0 Å². The van der Waals surface area contributed by atoms with Crippen LogP contribution in [0.25, 0.3) is 0 Å². The minimum absolute atomic E-state index is 0.0572. The van der Waals surface area contributed by atoms with Crippen LogP contribution in [0.2, 0.25) is 0 Å². The lowest BCUT2D eigenvalue weighted by atomic mass is 9.74. The van der Waals surface area contributed by atoms with Crippen molar-refractivity contribution >= 4 is 0 Å². The van der Waals surface area contributed by atoms with Crippen LogP contribution in [0.3, 0.4) is 0 Å². The zero-order valence-corrected chi connectivity index (χ0v) is 11.5. The van der Waals surface area contributed by atoms with Crippen molar-refractivity contribution in [3.05, 3.63) is 0 Å². The number of likely N-dealkylation sites (N-methyl/N-ethyl adjacent to an activating group) is 1. The molecule has 0 aromatic heterocycles. The van der Waals surface area contributed by atoms with Gasteiger partial charge in [-0.05, 0) is 39.3 Å². The first-order chi connectivity index (χ1) is 7.53. The van der Waals surface area contributed by atoms with Crippen LogP contribution in [0, 0.1) is 5.92 Å². The van der Waals surface area contributed by atoms with Gasteiger partial charge in [0.25, 0.3) is 0 Å². The molecule has 1 aliphatic rings. The topological polar surface area (TPSA) is 23.5 Å². The van der Waals surface area contributed by atoms with Crippen molar-refractivity contribution in [2.45, 2.75) is 70.4 Å². The van der Waals surface area contributed by atoms with Gasteiger partial charge in [0.1, 0.15) is 0 Å². The molecule has 1 saturated carbocycles. The van der Waals surface area contributed by atoms with E-state index in [2.05, 4.69) is 32.8 Å². The highest BCUT2D eigenvalue weighted by atomic mass is 16.3. The molecule has 96 valence electrons. The Morgan fingerprint density at radius 1 is 1.19 bits per heavy atom. The molecule has 0 saturated heterocycles. The molecule has 0 aromatic carbocycles. The summed E-state index contributed by atoms with van der Waals surface area (Å²) in [5.74, 6) is 0.633. The average molecular weight is 227 g/mol. The molecule has 0 aromatic rings. The minimum Gasteiger partial charge on any atom is -0.391 e. The van der Waals surface area contributed by atoms with E-state index in [1.54, 1.807) is 0 Å². The predicted octanol–water partition coefficient (Wildman–Crippen LogP) is 3.05. The van der Waals surface area contributed by atoms with Gasteiger partial charge in [0.15, 0.2) is 0 Å². The summed E-state index contributed by atoms with van der Waals surface area (Å²) in [6.07, 6.45) is 8.18.